The van der Waals surface area contributed by atoms with Crippen LogP contribution in [-0.4, -0.2) is 44.0 Å². The second-order valence-corrected chi connectivity index (χ2v) is 5.99. The molecule has 3 aromatic rings. The van der Waals surface area contributed by atoms with Crippen molar-refractivity contribution < 1.29 is 23.0 Å². The van der Waals surface area contributed by atoms with Crippen molar-refractivity contribution in [1.82, 2.24) is 15.0 Å². The van der Waals surface area contributed by atoms with Gasteiger partial charge in [-0.05, 0) is 11.1 Å². The first kappa shape index (κ1) is 21.7. The molecule has 1 unspecified atom stereocenters. The zero-order valence-electron chi connectivity index (χ0n) is 15.6. The maximum absolute atomic E-state index is 10.9. The van der Waals surface area contributed by atoms with Gasteiger partial charge < -0.3 is 19.8 Å². The van der Waals surface area contributed by atoms with E-state index in [9.17, 15) is 13.6 Å². The SMILES string of the molecule is COc1nc(OC)nc(N(C(N)=O)S(=O)[O-])n1.c1ccc(-c2ccccc2)cc1. The van der Waals surface area contributed by atoms with Crippen molar-refractivity contribution in [3.8, 4) is 23.1 Å². The van der Waals surface area contributed by atoms with Gasteiger partial charge in [0.2, 0.25) is 0 Å². The number of hydrogen-bond acceptors (Lipinski definition) is 8. The Labute approximate surface area is 169 Å². The van der Waals surface area contributed by atoms with Gasteiger partial charge in [0, 0.05) is 0 Å². The Morgan fingerprint density at radius 1 is 0.897 bits per heavy atom. The summed E-state index contributed by atoms with van der Waals surface area (Å²) in [5.74, 6) is -0.519. The van der Waals surface area contributed by atoms with E-state index in [2.05, 4.69) is 73.0 Å². The van der Waals surface area contributed by atoms with Crippen molar-refractivity contribution in [3.63, 3.8) is 0 Å². The molecule has 2 amide bonds. The number of nitrogens with zero attached hydrogens (tertiary/aromatic N) is 4. The van der Waals surface area contributed by atoms with Crippen LogP contribution in [0.25, 0.3) is 11.1 Å². The molecule has 0 bridgehead atoms. The summed E-state index contributed by atoms with van der Waals surface area (Å²) in [6, 6.07) is 19.1. The van der Waals surface area contributed by atoms with Crippen LogP contribution in [0.1, 0.15) is 0 Å². The van der Waals surface area contributed by atoms with Gasteiger partial charge in [-0.15, -0.1) is 4.98 Å². The Kier molecular flexibility index (Phi) is 8.00. The molecule has 1 atom stereocenters. The van der Waals surface area contributed by atoms with Crippen LogP contribution in [0.4, 0.5) is 10.7 Å². The van der Waals surface area contributed by atoms with Crippen LogP contribution < -0.4 is 19.5 Å². The first-order valence-corrected chi connectivity index (χ1v) is 9.13. The van der Waals surface area contributed by atoms with Crippen molar-refractivity contribution in [2.45, 2.75) is 0 Å². The van der Waals surface area contributed by atoms with Crippen molar-refractivity contribution in [2.75, 3.05) is 18.5 Å². The number of anilines is 1. The normalized spacial score (nSPS) is 10.9. The van der Waals surface area contributed by atoms with E-state index in [4.69, 9.17) is 5.73 Å². The third kappa shape index (κ3) is 6.23. The molecule has 1 aromatic heterocycles. The highest BCUT2D eigenvalue weighted by atomic mass is 32.2. The highest BCUT2D eigenvalue weighted by Crippen LogP contribution is 2.17. The second kappa shape index (κ2) is 10.7. The maximum atomic E-state index is 10.9. The topological polar surface area (TPSA) is 144 Å². The van der Waals surface area contributed by atoms with Gasteiger partial charge in [0.15, 0.2) is 0 Å². The second-order valence-electron chi connectivity index (χ2n) is 5.19. The number of methoxy groups -OCH3 is 2. The summed E-state index contributed by atoms with van der Waals surface area (Å²) >= 11 is -2.96. The molecular weight excluding hydrogens is 398 g/mol. The molecule has 11 heteroatoms. The van der Waals surface area contributed by atoms with E-state index < -0.39 is 23.2 Å². The number of amides is 2. The molecule has 0 aliphatic rings. The number of carbonyl (C=O) groups excluding carboxylic acids is 1. The summed E-state index contributed by atoms with van der Waals surface area (Å²) in [5.41, 5.74) is 7.42. The van der Waals surface area contributed by atoms with Gasteiger partial charge in [-0.3, -0.25) is 4.21 Å². The first-order chi connectivity index (χ1) is 14.0. The number of urea groups is 1. The number of benzene rings is 2. The van der Waals surface area contributed by atoms with E-state index in [1.54, 1.807) is 0 Å². The maximum Gasteiger partial charge on any atom is 0.333 e. The fourth-order valence-electron chi connectivity index (χ4n) is 2.10. The molecule has 152 valence electrons. The summed E-state index contributed by atoms with van der Waals surface area (Å²) < 4.78 is 31.1. The lowest BCUT2D eigenvalue weighted by Gasteiger charge is -2.19. The average Bonchev–Trinajstić information content (AvgIpc) is 2.74. The van der Waals surface area contributed by atoms with Gasteiger partial charge in [-0.1, -0.05) is 60.7 Å². The molecule has 2 aromatic carbocycles. The van der Waals surface area contributed by atoms with Gasteiger partial charge in [-0.25, -0.2) is 4.79 Å². The van der Waals surface area contributed by atoms with Gasteiger partial charge in [0.25, 0.3) is 5.95 Å². The first-order valence-electron chi connectivity index (χ1n) is 8.09. The zero-order chi connectivity index (χ0) is 21.2. The van der Waals surface area contributed by atoms with Crippen LogP contribution >= 0.6 is 0 Å². The molecule has 1 heterocycles. The Bertz CT molecular complexity index is 886. The largest absolute Gasteiger partial charge is 0.755 e. The van der Waals surface area contributed by atoms with Crippen LogP contribution in [0, 0.1) is 0 Å². The molecule has 10 nitrogen and oxygen atoms in total. The van der Waals surface area contributed by atoms with Crippen molar-refractivity contribution in [3.05, 3.63) is 60.7 Å². The number of primary amides is 1. The van der Waals surface area contributed by atoms with Gasteiger partial charge >= 0.3 is 18.1 Å². The molecule has 0 spiro atoms. The third-order valence-electron chi connectivity index (χ3n) is 3.36. The van der Waals surface area contributed by atoms with E-state index in [1.165, 1.54) is 25.3 Å². The molecule has 0 radical (unpaired) electrons. The predicted octanol–water partition coefficient (Wildman–Crippen LogP) is 1.92. The minimum atomic E-state index is -2.96. The van der Waals surface area contributed by atoms with E-state index in [0.29, 0.717) is 0 Å². The molecule has 2 N–H and O–H groups in total. The molecule has 0 aliphatic carbocycles. The van der Waals surface area contributed by atoms with Crippen LogP contribution in [0.3, 0.4) is 0 Å². The summed E-state index contributed by atoms with van der Waals surface area (Å²) in [7, 11) is 2.50. The molecule has 0 saturated carbocycles. The third-order valence-corrected chi connectivity index (χ3v) is 4.00. The summed E-state index contributed by atoms with van der Waals surface area (Å²) in [6.45, 7) is 0. The Balaban J connectivity index is 0.000000218. The molecule has 29 heavy (non-hydrogen) atoms. The Morgan fingerprint density at radius 3 is 1.62 bits per heavy atom. The highest BCUT2D eigenvalue weighted by Gasteiger charge is 2.19. The standard InChI is InChI=1S/C12H10.C6H9N5O5S/c1-3-7-11(8-4-1)12-9-5-2-6-10-12;1-15-5-8-4(9-6(10-5)16-2)11(3(7)12)17(13)14/h1-10H;1-2H3,(H2,7,12)(H,13,14)/p-1. The van der Waals surface area contributed by atoms with Gasteiger partial charge in [-0.2, -0.15) is 14.3 Å². The quantitative estimate of drug-likeness (QED) is 0.621. The number of carbonyl (C=O) groups is 1. The fourth-order valence-corrected chi connectivity index (χ4v) is 2.46. The number of ether oxygens (including phenoxy) is 2. The van der Waals surface area contributed by atoms with Crippen LogP contribution in [0.2, 0.25) is 0 Å². The van der Waals surface area contributed by atoms with Crippen LogP contribution in [0.5, 0.6) is 12.0 Å². The van der Waals surface area contributed by atoms with Gasteiger partial charge in [0.05, 0.1) is 25.5 Å². The highest BCUT2D eigenvalue weighted by molar-refractivity contribution is 7.81. The van der Waals surface area contributed by atoms with Gasteiger partial charge in [0.1, 0.15) is 0 Å². The monoisotopic (exact) mass is 416 g/mol. The minimum Gasteiger partial charge on any atom is -0.755 e. The molecule has 0 aliphatic heterocycles. The summed E-state index contributed by atoms with van der Waals surface area (Å²) in [6.07, 6.45) is 0. The molecular formula is C18H18N5O5S-. The Hall–Kier alpha value is -3.57. The minimum absolute atomic E-state index is 0.132. The van der Waals surface area contributed by atoms with E-state index in [-0.39, 0.29) is 16.3 Å². The molecule has 0 fully saturated rings. The van der Waals surface area contributed by atoms with Crippen LogP contribution in [-0.2, 0) is 11.3 Å². The van der Waals surface area contributed by atoms with E-state index in [1.807, 2.05) is 12.1 Å². The number of rotatable bonds is 5. The van der Waals surface area contributed by atoms with Crippen molar-refractivity contribution in [1.29, 1.82) is 0 Å². The lowest BCUT2D eigenvalue weighted by Crippen LogP contribution is -2.38. The molecule has 3 rings (SSSR count). The number of nitrogens with two attached hydrogens (primary N) is 1. The summed E-state index contributed by atoms with van der Waals surface area (Å²) in [5, 5.41) is 0. The Morgan fingerprint density at radius 2 is 1.31 bits per heavy atom. The average molecular weight is 416 g/mol. The lowest BCUT2D eigenvalue weighted by molar-refractivity contribution is 0.256. The van der Waals surface area contributed by atoms with Crippen molar-refractivity contribution >= 4 is 23.2 Å². The van der Waals surface area contributed by atoms with Crippen LogP contribution in [0.15, 0.2) is 60.7 Å². The van der Waals surface area contributed by atoms with E-state index in [0.717, 1.165) is 0 Å². The molecule has 0 saturated heterocycles. The summed E-state index contributed by atoms with van der Waals surface area (Å²) in [4.78, 5) is 21.6. The lowest BCUT2D eigenvalue weighted by atomic mass is 10.1. The predicted molar refractivity (Wildman–Crippen MR) is 106 cm³/mol. The number of aromatic nitrogens is 3. The van der Waals surface area contributed by atoms with E-state index >= 15 is 0 Å². The fraction of sp³-hybridized carbons (Fsp3) is 0.111. The number of hydrogen-bond donors (Lipinski definition) is 1. The zero-order valence-corrected chi connectivity index (χ0v) is 16.4. The smallest absolute Gasteiger partial charge is 0.333 e. The van der Waals surface area contributed by atoms with Crippen molar-refractivity contribution in [2.24, 2.45) is 5.73 Å².